The molecule has 0 aliphatic heterocycles. The second kappa shape index (κ2) is 10.7. The second-order valence-corrected chi connectivity index (χ2v) is 5.21. The van der Waals surface area contributed by atoms with Crippen molar-refractivity contribution in [3.63, 3.8) is 0 Å². The lowest BCUT2D eigenvalue weighted by Gasteiger charge is -2.19. The molecule has 10 nitrogen and oxygen atoms in total. The lowest BCUT2D eigenvalue weighted by atomic mass is 10.1. The Bertz CT molecular complexity index is 634. The number of carbonyl (C=O) groups is 4. The van der Waals surface area contributed by atoms with Crippen molar-refractivity contribution in [3.05, 3.63) is 35.9 Å². The average molecular weight is 368 g/mol. The maximum absolute atomic E-state index is 12.1. The number of benzene rings is 1. The molecule has 0 saturated heterocycles. The van der Waals surface area contributed by atoms with Crippen LogP contribution in [0.4, 0.5) is 4.79 Å². The van der Waals surface area contributed by atoms with Crippen LogP contribution in [0.15, 0.2) is 30.3 Å². The second-order valence-electron chi connectivity index (χ2n) is 5.21. The van der Waals surface area contributed by atoms with Gasteiger partial charge in [-0.25, -0.2) is 9.59 Å². The average Bonchev–Trinajstić information content (AvgIpc) is 2.59. The van der Waals surface area contributed by atoms with Crippen molar-refractivity contribution in [1.82, 2.24) is 10.6 Å². The summed E-state index contributed by atoms with van der Waals surface area (Å²) in [4.78, 5) is 45.9. The van der Waals surface area contributed by atoms with Crippen LogP contribution >= 0.6 is 0 Å². The number of carboxylic acid groups (broad SMARTS) is 2. The molecule has 0 unspecified atom stereocenters. The van der Waals surface area contributed by atoms with E-state index in [0.717, 1.165) is 0 Å². The SMILES string of the molecule is COC[C@H](NC(=O)[C@H](CC(=O)O)NC(=O)OCc1ccccc1)C(=O)O. The lowest BCUT2D eigenvalue weighted by Crippen LogP contribution is -2.53. The zero-order valence-corrected chi connectivity index (χ0v) is 14.0. The van der Waals surface area contributed by atoms with Crippen LogP contribution in [0.25, 0.3) is 0 Å². The summed E-state index contributed by atoms with van der Waals surface area (Å²) < 4.78 is 9.60. The molecule has 0 heterocycles. The van der Waals surface area contributed by atoms with Crippen molar-refractivity contribution in [2.75, 3.05) is 13.7 Å². The van der Waals surface area contributed by atoms with Crippen LogP contribution in [0, 0.1) is 0 Å². The molecule has 0 fully saturated rings. The smallest absolute Gasteiger partial charge is 0.408 e. The summed E-state index contributed by atoms with van der Waals surface area (Å²) in [7, 11) is 1.25. The minimum absolute atomic E-state index is 0.0739. The molecule has 4 N–H and O–H groups in total. The van der Waals surface area contributed by atoms with Crippen molar-refractivity contribution < 1.29 is 38.9 Å². The van der Waals surface area contributed by atoms with Gasteiger partial charge >= 0.3 is 18.0 Å². The largest absolute Gasteiger partial charge is 0.481 e. The van der Waals surface area contributed by atoms with Crippen LogP contribution in [0.5, 0.6) is 0 Å². The number of amides is 2. The molecule has 10 heteroatoms. The third kappa shape index (κ3) is 7.62. The molecule has 26 heavy (non-hydrogen) atoms. The van der Waals surface area contributed by atoms with Crippen LogP contribution in [-0.4, -0.2) is 60.0 Å². The van der Waals surface area contributed by atoms with Gasteiger partial charge in [-0.2, -0.15) is 0 Å². The van der Waals surface area contributed by atoms with Crippen molar-refractivity contribution in [2.45, 2.75) is 25.1 Å². The summed E-state index contributed by atoms with van der Waals surface area (Å²) in [6, 6.07) is 5.84. The molecular weight excluding hydrogens is 348 g/mol. The number of rotatable bonds is 10. The molecule has 0 radical (unpaired) electrons. The van der Waals surface area contributed by atoms with Gasteiger partial charge in [-0.1, -0.05) is 30.3 Å². The molecule has 1 rings (SSSR count). The maximum Gasteiger partial charge on any atom is 0.408 e. The third-order valence-corrected chi connectivity index (χ3v) is 3.15. The van der Waals surface area contributed by atoms with Gasteiger partial charge in [0.1, 0.15) is 12.6 Å². The van der Waals surface area contributed by atoms with Crippen molar-refractivity contribution in [3.8, 4) is 0 Å². The Kier molecular flexibility index (Phi) is 8.58. The van der Waals surface area contributed by atoms with Gasteiger partial charge in [0.25, 0.3) is 0 Å². The number of ether oxygens (including phenoxy) is 2. The van der Waals surface area contributed by atoms with Gasteiger partial charge in [0.2, 0.25) is 5.91 Å². The zero-order valence-electron chi connectivity index (χ0n) is 14.0. The monoisotopic (exact) mass is 368 g/mol. The molecule has 0 saturated carbocycles. The van der Waals surface area contributed by atoms with Gasteiger partial charge in [-0.3, -0.25) is 9.59 Å². The predicted molar refractivity (Wildman–Crippen MR) is 87.2 cm³/mol. The fourth-order valence-corrected chi connectivity index (χ4v) is 1.90. The van der Waals surface area contributed by atoms with E-state index in [-0.39, 0.29) is 13.2 Å². The van der Waals surface area contributed by atoms with E-state index in [4.69, 9.17) is 14.9 Å². The first-order valence-electron chi connectivity index (χ1n) is 7.54. The minimum Gasteiger partial charge on any atom is -0.481 e. The normalized spacial score (nSPS) is 12.5. The Balaban J connectivity index is 2.66. The van der Waals surface area contributed by atoms with Crippen molar-refractivity contribution in [1.29, 1.82) is 0 Å². The highest BCUT2D eigenvalue weighted by Gasteiger charge is 2.28. The summed E-state index contributed by atoms with van der Waals surface area (Å²) >= 11 is 0. The van der Waals surface area contributed by atoms with E-state index in [9.17, 15) is 19.2 Å². The quantitative estimate of drug-likeness (QED) is 0.449. The molecule has 1 aromatic carbocycles. The first-order chi connectivity index (χ1) is 12.3. The Morgan fingerprint density at radius 3 is 2.23 bits per heavy atom. The van der Waals surface area contributed by atoms with Crippen molar-refractivity contribution in [2.24, 2.45) is 0 Å². The molecule has 0 spiro atoms. The highest BCUT2D eigenvalue weighted by Crippen LogP contribution is 2.02. The van der Waals surface area contributed by atoms with Gasteiger partial charge in [0.15, 0.2) is 6.04 Å². The molecule has 0 aliphatic rings. The molecule has 0 aliphatic carbocycles. The Morgan fingerprint density at radius 1 is 1.04 bits per heavy atom. The van der Waals surface area contributed by atoms with Gasteiger partial charge in [-0.15, -0.1) is 0 Å². The standard InChI is InChI=1S/C16H20N2O8/c1-25-9-12(15(22)23)17-14(21)11(7-13(19)20)18-16(24)26-8-10-5-3-2-4-6-10/h2-6,11-12H,7-9H2,1H3,(H,17,21)(H,18,24)(H,19,20)(H,22,23)/t11-,12-/m0/s1. The minimum atomic E-state index is -1.51. The summed E-state index contributed by atoms with van der Waals surface area (Å²) in [5, 5.41) is 22.1. The fourth-order valence-electron chi connectivity index (χ4n) is 1.90. The zero-order chi connectivity index (χ0) is 19.5. The molecule has 1 aromatic rings. The summed E-state index contributed by atoms with van der Waals surface area (Å²) in [5.74, 6) is -3.69. The van der Waals surface area contributed by atoms with Gasteiger partial charge in [0, 0.05) is 7.11 Å². The van der Waals surface area contributed by atoms with Crippen LogP contribution in [0.2, 0.25) is 0 Å². The van der Waals surface area contributed by atoms with Gasteiger partial charge in [0.05, 0.1) is 13.0 Å². The molecular formula is C16H20N2O8. The highest BCUT2D eigenvalue weighted by atomic mass is 16.5. The van der Waals surface area contributed by atoms with Crippen LogP contribution in [-0.2, 0) is 30.5 Å². The number of methoxy groups -OCH3 is 1. The number of carbonyl (C=O) groups excluding carboxylic acids is 2. The number of alkyl carbamates (subject to hydrolysis) is 1. The number of carboxylic acids is 2. The van der Waals surface area contributed by atoms with E-state index in [1.165, 1.54) is 7.11 Å². The Labute approximate surface area is 149 Å². The fraction of sp³-hybridized carbons (Fsp3) is 0.375. The summed E-state index contributed by atoms with van der Waals surface area (Å²) in [6.45, 7) is -0.394. The van der Waals surface area contributed by atoms with E-state index in [0.29, 0.717) is 5.56 Å². The van der Waals surface area contributed by atoms with Crippen LogP contribution in [0.1, 0.15) is 12.0 Å². The number of aliphatic carboxylic acids is 2. The Hall–Kier alpha value is -3.14. The van der Waals surface area contributed by atoms with E-state index in [1.54, 1.807) is 30.3 Å². The molecule has 0 bridgehead atoms. The van der Waals surface area contributed by atoms with Crippen molar-refractivity contribution >= 4 is 23.9 Å². The maximum atomic E-state index is 12.1. The first kappa shape index (κ1) is 20.9. The van der Waals surface area contributed by atoms with E-state index >= 15 is 0 Å². The number of hydrogen-bond acceptors (Lipinski definition) is 6. The van der Waals surface area contributed by atoms with Crippen LogP contribution < -0.4 is 10.6 Å². The molecule has 2 amide bonds. The molecule has 0 aromatic heterocycles. The van der Waals surface area contributed by atoms with E-state index in [2.05, 4.69) is 15.4 Å². The molecule has 2 atom stereocenters. The number of nitrogens with one attached hydrogen (secondary N) is 2. The predicted octanol–water partition coefficient (Wildman–Crippen LogP) is -0.0281. The third-order valence-electron chi connectivity index (χ3n) is 3.15. The highest BCUT2D eigenvalue weighted by molar-refractivity contribution is 5.91. The number of hydrogen-bond donors (Lipinski definition) is 4. The summed E-state index contributed by atoms with van der Waals surface area (Å²) in [5.41, 5.74) is 0.702. The first-order valence-corrected chi connectivity index (χ1v) is 7.54. The topological polar surface area (TPSA) is 151 Å². The van der Waals surface area contributed by atoms with Crippen LogP contribution in [0.3, 0.4) is 0 Å². The van der Waals surface area contributed by atoms with Gasteiger partial charge < -0.3 is 30.3 Å². The summed E-state index contributed by atoms with van der Waals surface area (Å²) in [6.07, 6.45) is -1.75. The Morgan fingerprint density at radius 2 is 1.69 bits per heavy atom. The molecule has 142 valence electrons. The van der Waals surface area contributed by atoms with E-state index in [1.807, 2.05) is 0 Å². The lowest BCUT2D eigenvalue weighted by molar-refractivity contribution is -0.144. The van der Waals surface area contributed by atoms with E-state index < -0.39 is 42.4 Å². The van der Waals surface area contributed by atoms with Gasteiger partial charge in [-0.05, 0) is 5.56 Å².